The molecule has 0 bridgehead atoms. The largest absolute Gasteiger partial charge is 0.490 e. The Hall–Kier alpha value is -1.59. The van der Waals surface area contributed by atoms with Crippen molar-refractivity contribution in [3.63, 3.8) is 0 Å². The SMILES string of the molecule is Fc1ccc2c(c1)C=NC(C(F)(F)F)CO2. The van der Waals surface area contributed by atoms with Crippen LogP contribution in [0.15, 0.2) is 23.2 Å². The van der Waals surface area contributed by atoms with Crippen molar-refractivity contribution in [3.8, 4) is 5.75 Å². The predicted molar refractivity (Wildman–Crippen MR) is 49.3 cm³/mol. The topological polar surface area (TPSA) is 21.6 Å². The molecule has 1 aromatic carbocycles. The Morgan fingerprint density at radius 3 is 2.75 bits per heavy atom. The van der Waals surface area contributed by atoms with E-state index in [-0.39, 0.29) is 11.3 Å². The van der Waals surface area contributed by atoms with Crippen molar-refractivity contribution in [2.75, 3.05) is 6.61 Å². The Kier molecular flexibility index (Phi) is 2.57. The van der Waals surface area contributed by atoms with E-state index in [9.17, 15) is 17.6 Å². The number of hydrogen-bond donors (Lipinski definition) is 0. The van der Waals surface area contributed by atoms with Crippen molar-refractivity contribution in [2.24, 2.45) is 4.99 Å². The summed E-state index contributed by atoms with van der Waals surface area (Å²) in [6.07, 6.45) is -3.46. The van der Waals surface area contributed by atoms with Crippen molar-refractivity contribution in [1.29, 1.82) is 0 Å². The van der Waals surface area contributed by atoms with Crippen LogP contribution in [0.1, 0.15) is 5.56 Å². The molecule has 0 aliphatic carbocycles. The fourth-order valence-corrected chi connectivity index (χ4v) is 1.31. The monoisotopic (exact) mass is 233 g/mol. The zero-order chi connectivity index (χ0) is 11.8. The van der Waals surface area contributed by atoms with Crippen molar-refractivity contribution < 1.29 is 22.3 Å². The van der Waals surface area contributed by atoms with Crippen LogP contribution in [-0.4, -0.2) is 25.0 Å². The van der Waals surface area contributed by atoms with Crippen molar-refractivity contribution >= 4 is 6.21 Å². The molecule has 1 aliphatic heterocycles. The summed E-state index contributed by atoms with van der Waals surface area (Å²) in [4.78, 5) is 3.34. The van der Waals surface area contributed by atoms with E-state index < -0.39 is 24.6 Å². The summed E-state index contributed by atoms with van der Waals surface area (Å²) in [5.74, 6) is -0.337. The number of halogens is 4. The third-order valence-electron chi connectivity index (χ3n) is 2.14. The van der Waals surface area contributed by atoms with Crippen LogP contribution in [0.4, 0.5) is 17.6 Å². The average molecular weight is 233 g/mol. The van der Waals surface area contributed by atoms with Crippen molar-refractivity contribution in [2.45, 2.75) is 12.2 Å². The first-order chi connectivity index (χ1) is 7.47. The maximum atomic E-state index is 12.8. The quantitative estimate of drug-likeness (QED) is 0.631. The van der Waals surface area contributed by atoms with E-state index in [4.69, 9.17) is 4.74 Å². The van der Waals surface area contributed by atoms with Gasteiger partial charge in [0.2, 0.25) is 0 Å². The van der Waals surface area contributed by atoms with E-state index in [0.29, 0.717) is 0 Å². The third-order valence-corrected chi connectivity index (χ3v) is 2.14. The Morgan fingerprint density at radius 1 is 1.31 bits per heavy atom. The lowest BCUT2D eigenvalue weighted by Gasteiger charge is -2.14. The molecule has 1 aliphatic rings. The number of alkyl halides is 3. The third kappa shape index (κ3) is 2.15. The van der Waals surface area contributed by atoms with Gasteiger partial charge in [-0.1, -0.05) is 0 Å². The lowest BCUT2D eigenvalue weighted by atomic mass is 10.2. The summed E-state index contributed by atoms with van der Waals surface area (Å²) in [7, 11) is 0. The van der Waals surface area contributed by atoms with E-state index in [1.807, 2.05) is 0 Å². The summed E-state index contributed by atoms with van der Waals surface area (Å²) in [5.41, 5.74) is 0.215. The van der Waals surface area contributed by atoms with Crippen LogP contribution >= 0.6 is 0 Å². The maximum Gasteiger partial charge on any atom is 0.414 e. The minimum absolute atomic E-state index is 0.205. The molecule has 0 radical (unpaired) electrons. The molecule has 0 saturated carbocycles. The van der Waals surface area contributed by atoms with Gasteiger partial charge in [0.1, 0.15) is 18.2 Å². The van der Waals surface area contributed by atoms with E-state index in [1.165, 1.54) is 6.07 Å². The smallest absolute Gasteiger partial charge is 0.414 e. The van der Waals surface area contributed by atoms with E-state index in [1.54, 1.807) is 0 Å². The first kappa shape index (κ1) is 10.9. The number of hydrogen-bond acceptors (Lipinski definition) is 2. The molecule has 1 atom stereocenters. The van der Waals surface area contributed by atoms with Crippen LogP contribution in [0.2, 0.25) is 0 Å². The van der Waals surface area contributed by atoms with Crippen molar-refractivity contribution in [3.05, 3.63) is 29.6 Å². The fourth-order valence-electron chi connectivity index (χ4n) is 1.31. The van der Waals surface area contributed by atoms with Gasteiger partial charge in [-0.2, -0.15) is 13.2 Å². The number of aliphatic imine (C=N–C) groups is 1. The summed E-state index contributed by atoms with van der Waals surface area (Å²) in [5, 5.41) is 0. The first-order valence-electron chi connectivity index (χ1n) is 4.49. The maximum absolute atomic E-state index is 12.8. The molecule has 0 spiro atoms. The van der Waals surface area contributed by atoms with Crippen LogP contribution in [-0.2, 0) is 0 Å². The lowest BCUT2D eigenvalue weighted by molar-refractivity contribution is -0.152. The van der Waals surface area contributed by atoms with Gasteiger partial charge < -0.3 is 4.74 Å². The van der Waals surface area contributed by atoms with Crippen LogP contribution in [0.25, 0.3) is 0 Å². The Morgan fingerprint density at radius 2 is 2.06 bits per heavy atom. The molecule has 86 valence electrons. The summed E-state index contributed by atoms with van der Waals surface area (Å²) >= 11 is 0. The van der Waals surface area contributed by atoms with Crippen LogP contribution in [0.5, 0.6) is 5.75 Å². The number of fused-ring (bicyclic) bond motifs is 1. The fraction of sp³-hybridized carbons (Fsp3) is 0.300. The molecule has 0 saturated heterocycles. The number of nitrogens with zero attached hydrogens (tertiary/aromatic N) is 1. The van der Waals surface area contributed by atoms with Gasteiger partial charge in [0.15, 0.2) is 6.04 Å². The Labute approximate surface area is 88.6 Å². The average Bonchev–Trinajstić information content (AvgIpc) is 2.38. The van der Waals surface area contributed by atoms with Crippen molar-refractivity contribution in [1.82, 2.24) is 0 Å². The highest BCUT2D eigenvalue weighted by Crippen LogP contribution is 2.27. The second-order valence-corrected chi connectivity index (χ2v) is 3.33. The summed E-state index contributed by atoms with van der Waals surface area (Å²) in [6.45, 7) is -0.585. The van der Waals surface area contributed by atoms with Gasteiger partial charge >= 0.3 is 6.18 Å². The minimum atomic E-state index is -4.45. The normalized spacial score (nSPS) is 19.9. The standard InChI is InChI=1S/C10H7F4NO/c11-7-1-2-8-6(3-7)4-15-9(5-16-8)10(12,13)14/h1-4,9H,5H2. The van der Waals surface area contributed by atoms with Gasteiger partial charge in [-0.05, 0) is 18.2 Å². The molecular weight excluding hydrogens is 226 g/mol. The highest BCUT2D eigenvalue weighted by atomic mass is 19.4. The molecule has 0 fully saturated rings. The van der Waals surface area contributed by atoms with Gasteiger partial charge in [-0.25, -0.2) is 4.39 Å². The molecule has 6 heteroatoms. The van der Waals surface area contributed by atoms with Crippen LogP contribution in [0, 0.1) is 5.82 Å². The van der Waals surface area contributed by atoms with Crippen LogP contribution < -0.4 is 4.74 Å². The molecule has 1 unspecified atom stereocenters. The first-order valence-corrected chi connectivity index (χ1v) is 4.49. The molecule has 2 rings (SSSR count). The Balaban J connectivity index is 2.30. The zero-order valence-corrected chi connectivity index (χ0v) is 7.96. The number of ether oxygens (including phenoxy) is 1. The second-order valence-electron chi connectivity index (χ2n) is 3.33. The van der Waals surface area contributed by atoms with E-state index in [2.05, 4.69) is 4.99 Å². The summed E-state index contributed by atoms with van der Waals surface area (Å²) in [6, 6.07) is 1.59. The molecule has 2 nitrogen and oxygen atoms in total. The molecule has 0 amide bonds. The highest BCUT2D eigenvalue weighted by Gasteiger charge is 2.40. The molecule has 1 aromatic rings. The van der Waals surface area contributed by atoms with E-state index in [0.717, 1.165) is 18.3 Å². The number of benzene rings is 1. The Bertz CT molecular complexity index is 427. The summed E-state index contributed by atoms with van der Waals surface area (Å²) < 4.78 is 54.8. The van der Waals surface area contributed by atoms with Gasteiger partial charge in [0.25, 0.3) is 0 Å². The molecule has 0 N–H and O–H groups in total. The highest BCUT2D eigenvalue weighted by molar-refractivity contribution is 5.84. The molecule has 0 aromatic heterocycles. The van der Waals surface area contributed by atoms with Gasteiger partial charge in [0.05, 0.1) is 0 Å². The molecule has 1 heterocycles. The molecule has 16 heavy (non-hydrogen) atoms. The van der Waals surface area contributed by atoms with Gasteiger partial charge in [-0.3, -0.25) is 4.99 Å². The minimum Gasteiger partial charge on any atom is -0.490 e. The van der Waals surface area contributed by atoms with E-state index >= 15 is 0 Å². The van der Waals surface area contributed by atoms with Crippen LogP contribution in [0.3, 0.4) is 0 Å². The second kappa shape index (κ2) is 3.77. The van der Waals surface area contributed by atoms with Gasteiger partial charge in [0, 0.05) is 11.8 Å². The lowest BCUT2D eigenvalue weighted by Crippen LogP contribution is -2.32. The number of rotatable bonds is 0. The zero-order valence-electron chi connectivity index (χ0n) is 7.96. The predicted octanol–water partition coefficient (Wildman–Crippen LogP) is 2.57. The molecular formula is C10H7F4NO. The van der Waals surface area contributed by atoms with Gasteiger partial charge in [-0.15, -0.1) is 0 Å².